The minimum atomic E-state index is -3.88. The lowest BCUT2D eigenvalue weighted by Crippen LogP contribution is -2.43. The van der Waals surface area contributed by atoms with E-state index in [1.165, 1.54) is 25.3 Å². The van der Waals surface area contributed by atoms with E-state index >= 15 is 0 Å². The fourth-order valence-corrected chi connectivity index (χ4v) is 3.18. The molecular weight excluding hydrogens is 354 g/mol. The van der Waals surface area contributed by atoms with E-state index in [1.807, 2.05) is 0 Å². The first-order chi connectivity index (χ1) is 10.7. The third-order valence-corrected chi connectivity index (χ3v) is 5.14. The van der Waals surface area contributed by atoms with E-state index in [0.29, 0.717) is 12.3 Å². The first-order valence-corrected chi connectivity index (χ1v) is 9.00. The first-order valence-electron chi connectivity index (χ1n) is 7.45. The molecule has 0 atom stereocenters. The van der Waals surface area contributed by atoms with Crippen molar-refractivity contribution in [3.05, 3.63) is 23.8 Å². The molecule has 24 heavy (non-hydrogen) atoms. The second-order valence-electron chi connectivity index (χ2n) is 6.15. The van der Waals surface area contributed by atoms with Crippen molar-refractivity contribution in [3.8, 4) is 5.75 Å². The Morgan fingerprint density at radius 3 is 2.54 bits per heavy atom. The van der Waals surface area contributed by atoms with Gasteiger partial charge in [0.05, 0.1) is 17.6 Å². The van der Waals surface area contributed by atoms with Gasteiger partial charge in [-0.2, -0.15) is 0 Å². The number of carbonyl (C=O) groups excluding carboxylic acids is 1. The van der Waals surface area contributed by atoms with Crippen molar-refractivity contribution in [1.82, 2.24) is 10.6 Å². The highest BCUT2D eigenvalue weighted by molar-refractivity contribution is 7.89. The van der Waals surface area contributed by atoms with Crippen molar-refractivity contribution in [1.29, 1.82) is 0 Å². The van der Waals surface area contributed by atoms with Crippen LogP contribution in [-0.4, -0.2) is 41.1 Å². The Morgan fingerprint density at radius 2 is 2.00 bits per heavy atom. The molecule has 1 saturated heterocycles. The molecule has 1 aliphatic heterocycles. The molecule has 0 aliphatic carbocycles. The monoisotopic (exact) mass is 377 g/mol. The molecule has 0 aromatic heterocycles. The maximum Gasteiger partial charge on any atom is 0.255 e. The van der Waals surface area contributed by atoms with Gasteiger partial charge < -0.3 is 15.4 Å². The van der Waals surface area contributed by atoms with E-state index in [2.05, 4.69) is 17.6 Å². The first kappa shape index (κ1) is 20.7. The number of primary sulfonamides is 1. The highest BCUT2D eigenvalue weighted by Crippen LogP contribution is 2.27. The minimum Gasteiger partial charge on any atom is -0.496 e. The zero-order valence-electron chi connectivity index (χ0n) is 13.8. The number of halogens is 1. The lowest BCUT2D eigenvalue weighted by molar-refractivity contribution is 0.0919. The summed E-state index contributed by atoms with van der Waals surface area (Å²) in [5, 5.41) is 11.3. The van der Waals surface area contributed by atoms with Gasteiger partial charge in [-0.25, -0.2) is 13.6 Å². The zero-order valence-corrected chi connectivity index (χ0v) is 15.4. The minimum absolute atomic E-state index is 0. The zero-order chi connectivity index (χ0) is 17.1. The predicted octanol–water partition coefficient (Wildman–Crippen LogP) is 0.884. The summed E-state index contributed by atoms with van der Waals surface area (Å²) in [5.74, 6) is -0.0579. The van der Waals surface area contributed by atoms with Crippen LogP contribution in [0.3, 0.4) is 0 Å². The number of rotatable bonds is 5. The molecule has 9 heteroatoms. The Morgan fingerprint density at radius 1 is 1.38 bits per heavy atom. The fraction of sp³-hybridized carbons (Fsp3) is 0.533. The summed E-state index contributed by atoms with van der Waals surface area (Å²) in [5.41, 5.74) is 0.197. The molecule has 0 bridgehead atoms. The molecule has 1 amide bonds. The van der Waals surface area contributed by atoms with Crippen LogP contribution >= 0.6 is 12.4 Å². The van der Waals surface area contributed by atoms with E-state index in [4.69, 9.17) is 9.88 Å². The number of ether oxygens (including phenoxy) is 1. The normalized spacial score (nSPS) is 16.8. The second kappa shape index (κ2) is 8.15. The van der Waals surface area contributed by atoms with Crippen molar-refractivity contribution in [2.24, 2.45) is 10.6 Å². The van der Waals surface area contributed by atoms with Gasteiger partial charge in [0.15, 0.2) is 0 Å². The summed E-state index contributed by atoms with van der Waals surface area (Å²) in [6.07, 6.45) is 1.95. The summed E-state index contributed by atoms with van der Waals surface area (Å²) in [7, 11) is -2.45. The molecule has 7 nitrogen and oxygen atoms in total. The van der Waals surface area contributed by atoms with Crippen molar-refractivity contribution < 1.29 is 17.9 Å². The van der Waals surface area contributed by atoms with E-state index in [9.17, 15) is 13.2 Å². The number of benzene rings is 1. The summed E-state index contributed by atoms with van der Waals surface area (Å²) >= 11 is 0. The van der Waals surface area contributed by atoms with E-state index in [-0.39, 0.29) is 34.2 Å². The SMILES string of the molecule is COc1ccc(S(N)(=O)=O)cc1C(=O)NCC1(C)CCNCC1.Cl. The molecule has 0 unspecified atom stereocenters. The second-order valence-corrected chi connectivity index (χ2v) is 7.71. The van der Waals surface area contributed by atoms with E-state index < -0.39 is 10.0 Å². The molecule has 1 aromatic rings. The van der Waals surface area contributed by atoms with Crippen LogP contribution in [0, 0.1) is 5.41 Å². The predicted molar refractivity (Wildman–Crippen MR) is 94.2 cm³/mol. The topological polar surface area (TPSA) is 111 Å². The van der Waals surface area contributed by atoms with Crippen molar-refractivity contribution in [3.63, 3.8) is 0 Å². The van der Waals surface area contributed by atoms with Crippen LogP contribution in [0.25, 0.3) is 0 Å². The molecule has 0 saturated carbocycles. The van der Waals surface area contributed by atoms with Crippen LogP contribution in [0.5, 0.6) is 5.75 Å². The van der Waals surface area contributed by atoms with Gasteiger partial charge in [-0.1, -0.05) is 6.92 Å². The largest absolute Gasteiger partial charge is 0.496 e. The van der Waals surface area contributed by atoms with Gasteiger partial charge in [-0.05, 0) is 49.5 Å². The number of sulfonamides is 1. The maximum atomic E-state index is 12.4. The Balaban J connectivity index is 0.00000288. The van der Waals surface area contributed by atoms with E-state index in [1.54, 1.807) is 0 Å². The third-order valence-electron chi connectivity index (χ3n) is 4.23. The van der Waals surface area contributed by atoms with Crippen LogP contribution in [0.2, 0.25) is 0 Å². The molecule has 1 aliphatic rings. The average Bonchev–Trinajstić information content (AvgIpc) is 2.52. The maximum absolute atomic E-state index is 12.4. The smallest absolute Gasteiger partial charge is 0.255 e. The van der Waals surface area contributed by atoms with Crippen molar-refractivity contribution in [2.45, 2.75) is 24.7 Å². The molecule has 4 N–H and O–H groups in total. The van der Waals surface area contributed by atoms with E-state index in [0.717, 1.165) is 25.9 Å². The van der Waals surface area contributed by atoms with Gasteiger partial charge in [0.1, 0.15) is 5.75 Å². The number of carbonyl (C=O) groups is 1. The number of nitrogens with one attached hydrogen (secondary N) is 2. The van der Waals surface area contributed by atoms with Crippen molar-refractivity contribution in [2.75, 3.05) is 26.7 Å². The van der Waals surface area contributed by atoms with Gasteiger partial charge in [0.25, 0.3) is 5.91 Å². The quantitative estimate of drug-likeness (QED) is 0.705. The van der Waals surface area contributed by atoms with Gasteiger partial charge in [-0.3, -0.25) is 4.79 Å². The number of hydrogen-bond donors (Lipinski definition) is 3. The summed E-state index contributed by atoms with van der Waals surface area (Å²) < 4.78 is 28.1. The molecule has 136 valence electrons. The lowest BCUT2D eigenvalue weighted by atomic mass is 9.81. The molecule has 1 aromatic carbocycles. The van der Waals surface area contributed by atoms with Crippen LogP contribution < -0.4 is 20.5 Å². The number of amides is 1. The van der Waals surface area contributed by atoms with Crippen LogP contribution in [-0.2, 0) is 10.0 Å². The Kier molecular flexibility index (Phi) is 7.03. The molecule has 1 heterocycles. The lowest BCUT2D eigenvalue weighted by Gasteiger charge is -2.34. The Bertz CT molecular complexity index is 688. The van der Waals surface area contributed by atoms with Crippen LogP contribution in [0.15, 0.2) is 23.1 Å². The Labute approximate surface area is 148 Å². The fourth-order valence-electron chi connectivity index (χ4n) is 2.64. The van der Waals surface area contributed by atoms with Gasteiger partial charge in [-0.15, -0.1) is 12.4 Å². The summed E-state index contributed by atoms with van der Waals surface area (Å²) in [4.78, 5) is 12.3. The summed E-state index contributed by atoms with van der Waals surface area (Å²) in [6, 6.07) is 3.99. The van der Waals surface area contributed by atoms with Gasteiger partial charge >= 0.3 is 0 Å². The molecule has 0 radical (unpaired) electrons. The molecular formula is C15H24ClN3O4S. The van der Waals surface area contributed by atoms with Gasteiger partial charge in [0, 0.05) is 6.54 Å². The summed E-state index contributed by atoms with van der Waals surface area (Å²) in [6.45, 7) is 4.51. The highest BCUT2D eigenvalue weighted by Gasteiger charge is 2.27. The standard InChI is InChI=1S/C15H23N3O4S.ClH/c1-15(5-7-17-8-6-15)10-18-14(19)12-9-11(23(16,20)21)3-4-13(12)22-2;/h3-4,9,17H,5-8,10H2,1-2H3,(H,18,19)(H2,16,20,21);1H. The number of nitrogens with two attached hydrogens (primary N) is 1. The van der Waals surface area contributed by atoms with Crippen LogP contribution in [0.1, 0.15) is 30.1 Å². The number of hydrogen-bond acceptors (Lipinski definition) is 5. The Hall–Kier alpha value is -1.35. The van der Waals surface area contributed by atoms with Crippen molar-refractivity contribution >= 4 is 28.3 Å². The van der Waals surface area contributed by atoms with Crippen LogP contribution in [0.4, 0.5) is 0 Å². The number of piperidine rings is 1. The molecule has 2 rings (SSSR count). The molecule has 1 fully saturated rings. The number of methoxy groups -OCH3 is 1. The average molecular weight is 378 g/mol. The third kappa shape index (κ3) is 5.07. The molecule has 0 spiro atoms. The highest BCUT2D eigenvalue weighted by atomic mass is 35.5. The van der Waals surface area contributed by atoms with Gasteiger partial charge in [0.2, 0.25) is 10.0 Å².